The van der Waals surface area contributed by atoms with Gasteiger partial charge in [0.05, 0.1) is 16.1 Å². The van der Waals surface area contributed by atoms with Crippen LogP contribution in [0.1, 0.15) is 11.1 Å². The summed E-state index contributed by atoms with van der Waals surface area (Å²) in [5.41, 5.74) is -1.92. The fourth-order valence-corrected chi connectivity index (χ4v) is 2.82. The van der Waals surface area contributed by atoms with E-state index in [0.29, 0.717) is 6.07 Å². The first-order valence-corrected chi connectivity index (χ1v) is 9.66. The molecule has 0 N–H and O–H groups in total. The van der Waals surface area contributed by atoms with Crippen molar-refractivity contribution in [2.24, 2.45) is 0 Å². The van der Waals surface area contributed by atoms with Crippen LogP contribution in [0.5, 0.6) is 17.2 Å². The van der Waals surface area contributed by atoms with Crippen LogP contribution in [0.15, 0.2) is 36.4 Å². The predicted molar refractivity (Wildman–Crippen MR) is 96.4 cm³/mol. The summed E-state index contributed by atoms with van der Waals surface area (Å²) >= 11 is 0. The lowest BCUT2D eigenvalue weighted by atomic mass is 10.1. The van der Waals surface area contributed by atoms with Gasteiger partial charge in [0.25, 0.3) is 0 Å². The number of ether oxygens (including phenoxy) is 2. The first-order chi connectivity index (χ1) is 14.0. The third-order valence-electron chi connectivity index (χ3n) is 3.72. The highest BCUT2D eigenvalue weighted by Crippen LogP contribution is 2.47. The van der Waals surface area contributed by atoms with E-state index in [9.17, 15) is 27.9 Å². The van der Waals surface area contributed by atoms with E-state index in [4.69, 9.17) is 14.7 Å². The van der Waals surface area contributed by atoms with Crippen molar-refractivity contribution in [1.29, 1.82) is 5.26 Å². The molecule has 0 aromatic heterocycles. The molecular weight excluding hydrogens is 432 g/mol. The topological polar surface area (TPSA) is 121 Å². The molecule has 0 saturated carbocycles. The van der Waals surface area contributed by atoms with E-state index < -0.39 is 41.9 Å². The minimum atomic E-state index is -4.64. The van der Waals surface area contributed by atoms with Crippen molar-refractivity contribution < 1.29 is 41.2 Å². The number of nitriles is 1. The van der Waals surface area contributed by atoms with Crippen LogP contribution in [0.3, 0.4) is 0 Å². The number of hydrogen-bond donors (Lipinski definition) is 0. The van der Waals surface area contributed by atoms with Crippen LogP contribution in [0, 0.1) is 21.4 Å². The lowest BCUT2D eigenvalue weighted by molar-refractivity contribution is -0.385. The van der Waals surface area contributed by atoms with Gasteiger partial charge in [-0.25, -0.2) is 0 Å². The van der Waals surface area contributed by atoms with Crippen LogP contribution in [-0.4, -0.2) is 25.5 Å². The van der Waals surface area contributed by atoms with Gasteiger partial charge in [0.1, 0.15) is 17.6 Å². The molecule has 0 fully saturated rings. The third-order valence-corrected chi connectivity index (χ3v) is 5.28. The van der Waals surface area contributed by atoms with Crippen LogP contribution in [0.2, 0.25) is 0 Å². The molecule has 0 saturated heterocycles. The zero-order valence-corrected chi connectivity index (χ0v) is 16.4. The van der Waals surface area contributed by atoms with Crippen LogP contribution in [-0.2, 0) is 19.8 Å². The van der Waals surface area contributed by atoms with E-state index in [0.717, 1.165) is 44.6 Å². The Morgan fingerprint density at radius 2 is 1.80 bits per heavy atom. The SMILES string of the molecule is COP(=O)(COc1cc(Oc2ccc(C(F)(F)F)cc2C#N)ccc1[N+](=O)[O-])OC. The van der Waals surface area contributed by atoms with Gasteiger partial charge in [-0.3, -0.25) is 14.7 Å². The Morgan fingerprint density at radius 1 is 1.13 bits per heavy atom. The number of hydrogen-bond acceptors (Lipinski definition) is 8. The van der Waals surface area contributed by atoms with Crippen molar-refractivity contribution >= 4 is 13.3 Å². The van der Waals surface area contributed by atoms with Crippen molar-refractivity contribution in [1.82, 2.24) is 0 Å². The predicted octanol–water partition coefficient (Wildman–Crippen LogP) is 5.10. The van der Waals surface area contributed by atoms with Crippen LogP contribution >= 0.6 is 7.60 Å². The Balaban J connectivity index is 2.36. The summed E-state index contributed by atoms with van der Waals surface area (Å²) in [5.74, 6) is -0.626. The Labute approximate surface area is 168 Å². The minimum Gasteiger partial charge on any atom is -0.474 e. The van der Waals surface area contributed by atoms with Gasteiger partial charge in [-0.15, -0.1) is 0 Å². The highest BCUT2D eigenvalue weighted by Gasteiger charge is 2.31. The summed E-state index contributed by atoms with van der Waals surface area (Å²) in [5, 5.41) is 20.3. The van der Waals surface area contributed by atoms with E-state index in [1.165, 1.54) is 0 Å². The average molecular weight is 446 g/mol. The molecule has 0 heterocycles. The number of nitrogens with zero attached hydrogens (tertiary/aromatic N) is 2. The number of benzene rings is 2. The quantitative estimate of drug-likeness (QED) is 0.312. The highest BCUT2D eigenvalue weighted by molar-refractivity contribution is 7.53. The molecule has 0 bridgehead atoms. The number of nitro benzene ring substituents is 1. The Bertz CT molecular complexity index is 1030. The molecule has 9 nitrogen and oxygen atoms in total. The van der Waals surface area contributed by atoms with Crippen molar-refractivity contribution in [3.8, 4) is 23.3 Å². The molecule has 0 unspecified atom stereocenters. The van der Waals surface area contributed by atoms with Crippen molar-refractivity contribution in [3.05, 3.63) is 57.6 Å². The maximum Gasteiger partial charge on any atom is 0.416 e. The molecule has 2 aromatic carbocycles. The summed E-state index contributed by atoms with van der Waals surface area (Å²) in [6, 6.07) is 7.14. The molecule has 0 aliphatic heterocycles. The monoisotopic (exact) mass is 446 g/mol. The van der Waals surface area contributed by atoms with Gasteiger partial charge in [-0.2, -0.15) is 18.4 Å². The molecule has 0 atom stereocenters. The summed E-state index contributed by atoms with van der Waals surface area (Å²) in [7, 11) is -1.43. The number of halogens is 3. The Kier molecular flexibility index (Phi) is 7.04. The summed E-state index contributed by atoms with van der Waals surface area (Å²) in [6.07, 6.45) is -5.29. The fourth-order valence-electron chi connectivity index (χ4n) is 2.16. The van der Waals surface area contributed by atoms with Gasteiger partial charge in [0.2, 0.25) is 5.75 Å². The minimum absolute atomic E-state index is 0.0727. The summed E-state index contributed by atoms with van der Waals surface area (Å²) in [6.45, 7) is 0. The number of alkyl halides is 3. The second-order valence-electron chi connectivity index (χ2n) is 5.56. The van der Waals surface area contributed by atoms with Crippen LogP contribution < -0.4 is 9.47 Å². The van der Waals surface area contributed by atoms with E-state index in [2.05, 4.69) is 9.05 Å². The van der Waals surface area contributed by atoms with E-state index in [1.54, 1.807) is 6.07 Å². The molecule has 0 aliphatic rings. The third kappa shape index (κ3) is 5.48. The second-order valence-corrected chi connectivity index (χ2v) is 7.77. The zero-order chi connectivity index (χ0) is 22.5. The average Bonchev–Trinajstić information content (AvgIpc) is 2.71. The van der Waals surface area contributed by atoms with E-state index in [1.807, 2.05) is 0 Å². The van der Waals surface area contributed by atoms with Crippen molar-refractivity contribution in [2.75, 3.05) is 20.6 Å². The van der Waals surface area contributed by atoms with Crippen LogP contribution in [0.4, 0.5) is 18.9 Å². The smallest absolute Gasteiger partial charge is 0.416 e. The lowest BCUT2D eigenvalue weighted by Crippen LogP contribution is -2.05. The van der Waals surface area contributed by atoms with Crippen molar-refractivity contribution in [3.63, 3.8) is 0 Å². The molecule has 160 valence electrons. The van der Waals surface area contributed by atoms with Gasteiger partial charge in [0, 0.05) is 26.4 Å². The normalized spacial score (nSPS) is 11.6. The van der Waals surface area contributed by atoms with Gasteiger partial charge in [-0.1, -0.05) is 0 Å². The Hall–Kier alpha value is -3.13. The summed E-state index contributed by atoms with van der Waals surface area (Å²) in [4.78, 5) is 10.4. The van der Waals surface area contributed by atoms with E-state index in [-0.39, 0.29) is 17.2 Å². The maximum atomic E-state index is 12.8. The highest BCUT2D eigenvalue weighted by atomic mass is 31.2. The standard InChI is InChI=1S/C17H14F3N2O7P/c1-26-30(25,27-2)10-28-16-8-13(4-5-14(16)22(23)24)29-15-6-3-12(17(18,19)20)7-11(15)9-21/h3-8H,10H2,1-2H3. The molecule has 30 heavy (non-hydrogen) atoms. The van der Waals surface area contributed by atoms with Gasteiger partial charge in [0.15, 0.2) is 6.35 Å². The maximum absolute atomic E-state index is 12.8. The van der Waals surface area contributed by atoms with Gasteiger partial charge in [-0.05, 0) is 24.3 Å². The largest absolute Gasteiger partial charge is 0.474 e. The molecule has 2 rings (SSSR count). The first kappa shape index (κ1) is 23.2. The molecule has 13 heteroatoms. The summed E-state index contributed by atoms with van der Waals surface area (Å²) < 4.78 is 70.4. The van der Waals surface area contributed by atoms with E-state index >= 15 is 0 Å². The molecular formula is C17H14F3N2O7P. The molecule has 0 radical (unpaired) electrons. The molecule has 0 amide bonds. The second kappa shape index (κ2) is 9.13. The van der Waals surface area contributed by atoms with Gasteiger partial charge >= 0.3 is 19.5 Å². The lowest BCUT2D eigenvalue weighted by Gasteiger charge is -2.15. The molecule has 2 aromatic rings. The zero-order valence-electron chi connectivity index (χ0n) is 15.5. The molecule has 0 spiro atoms. The van der Waals surface area contributed by atoms with Crippen molar-refractivity contribution in [2.45, 2.75) is 6.18 Å². The fraction of sp³-hybridized carbons (Fsp3) is 0.235. The van der Waals surface area contributed by atoms with Crippen LogP contribution in [0.25, 0.3) is 0 Å². The number of rotatable bonds is 8. The Morgan fingerprint density at radius 3 is 2.33 bits per heavy atom. The molecule has 0 aliphatic carbocycles. The number of nitro groups is 1. The van der Waals surface area contributed by atoms with Gasteiger partial charge < -0.3 is 18.5 Å². The first-order valence-electron chi connectivity index (χ1n) is 7.94.